The van der Waals surface area contributed by atoms with Crippen LogP contribution >= 0.6 is 35.3 Å². The van der Waals surface area contributed by atoms with Crippen molar-refractivity contribution in [2.24, 2.45) is 0 Å². The van der Waals surface area contributed by atoms with Gasteiger partial charge in [-0.15, -0.1) is 0 Å². The number of hydrogen-bond acceptors (Lipinski definition) is 6. The number of thioether (sulfide) groups is 3. The highest BCUT2D eigenvalue weighted by Gasteiger charge is 1.81. The van der Waals surface area contributed by atoms with Crippen molar-refractivity contribution in [2.45, 2.75) is 19.3 Å². The Kier molecular flexibility index (Phi) is 41.0. The van der Waals surface area contributed by atoms with Gasteiger partial charge in [-0.3, -0.25) is 0 Å². The molecule has 6 heteroatoms. The first kappa shape index (κ1) is 24.0. The molecule has 114 valence electrons. The molecule has 0 aliphatic carbocycles. The SMILES string of the molecule is CSCCCCO.CSCCCO.CSCCO. The molecule has 0 unspecified atom stereocenters. The van der Waals surface area contributed by atoms with E-state index in [9.17, 15) is 0 Å². The molecule has 0 aromatic carbocycles. The fourth-order valence-corrected chi connectivity index (χ4v) is 1.75. The van der Waals surface area contributed by atoms with Gasteiger partial charge in [-0.25, -0.2) is 0 Å². The third-order valence-electron chi connectivity index (χ3n) is 1.56. The molecule has 0 bridgehead atoms. The van der Waals surface area contributed by atoms with Crippen LogP contribution in [-0.4, -0.2) is 71.2 Å². The fraction of sp³-hybridized carbons (Fsp3) is 1.00. The van der Waals surface area contributed by atoms with Crippen LogP contribution in [0.4, 0.5) is 0 Å². The summed E-state index contributed by atoms with van der Waals surface area (Å²) in [5.41, 5.74) is 0. The predicted octanol–water partition coefficient (Wildman–Crippen LogP) is 2.20. The minimum atomic E-state index is 0.307. The molecular formula is C12H30O3S3. The molecule has 0 saturated heterocycles. The Labute approximate surface area is 126 Å². The Balaban J connectivity index is -0.000000190. The molecule has 18 heavy (non-hydrogen) atoms. The topological polar surface area (TPSA) is 60.7 Å². The zero-order valence-electron chi connectivity index (χ0n) is 11.9. The van der Waals surface area contributed by atoms with Crippen molar-refractivity contribution in [1.29, 1.82) is 0 Å². The average molecular weight is 319 g/mol. The summed E-state index contributed by atoms with van der Waals surface area (Å²) in [5, 5.41) is 24.5. The van der Waals surface area contributed by atoms with Crippen LogP contribution in [0.5, 0.6) is 0 Å². The molecule has 0 rings (SSSR count). The molecule has 0 heterocycles. The summed E-state index contributed by atoms with van der Waals surface area (Å²) in [4.78, 5) is 0. The molecule has 0 atom stereocenters. The van der Waals surface area contributed by atoms with E-state index in [4.69, 9.17) is 15.3 Å². The number of unbranched alkanes of at least 4 members (excludes halogenated alkanes) is 1. The van der Waals surface area contributed by atoms with Gasteiger partial charge >= 0.3 is 0 Å². The molecule has 0 radical (unpaired) electrons. The molecule has 0 aliphatic heterocycles. The molecule has 0 amide bonds. The first-order valence-electron chi connectivity index (χ1n) is 6.04. The molecule has 0 spiro atoms. The van der Waals surface area contributed by atoms with Crippen molar-refractivity contribution in [1.82, 2.24) is 0 Å². The average Bonchev–Trinajstić information content (AvgIpc) is 2.39. The van der Waals surface area contributed by atoms with Crippen LogP contribution in [0.1, 0.15) is 19.3 Å². The van der Waals surface area contributed by atoms with Gasteiger partial charge in [0.2, 0.25) is 0 Å². The smallest absolute Gasteiger partial charge is 0.0521 e. The van der Waals surface area contributed by atoms with E-state index in [1.165, 1.54) is 5.75 Å². The highest BCUT2D eigenvalue weighted by Crippen LogP contribution is 1.97. The summed E-state index contributed by atoms with van der Waals surface area (Å²) < 4.78 is 0. The highest BCUT2D eigenvalue weighted by molar-refractivity contribution is 7.98. The summed E-state index contributed by atoms with van der Waals surface area (Å²) in [7, 11) is 0. The van der Waals surface area contributed by atoms with Crippen LogP contribution in [-0.2, 0) is 0 Å². The highest BCUT2D eigenvalue weighted by atomic mass is 32.2. The lowest BCUT2D eigenvalue weighted by atomic mass is 10.4. The lowest BCUT2D eigenvalue weighted by Gasteiger charge is -1.90. The number of hydrogen-bond donors (Lipinski definition) is 3. The number of aliphatic hydroxyl groups excluding tert-OH is 3. The quantitative estimate of drug-likeness (QED) is 0.567. The summed E-state index contributed by atoms with van der Waals surface area (Å²) in [6, 6.07) is 0. The number of rotatable bonds is 9. The Morgan fingerprint density at radius 3 is 1.22 bits per heavy atom. The maximum absolute atomic E-state index is 8.28. The second-order valence-corrected chi connectivity index (χ2v) is 6.17. The normalized spacial score (nSPS) is 9.00. The Morgan fingerprint density at radius 2 is 1.00 bits per heavy atom. The maximum Gasteiger partial charge on any atom is 0.0521 e. The van der Waals surface area contributed by atoms with Crippen molar-refractivity contribution >= 4 is 35.3 Å². The lowest BCUT2D eigenvalue weighted by molar-refractivity contribution is 0.287. The summed E-state index contributed by atoms with van der Waals surface area (Å²) in [5.74, 6) is 3.12. The number of aliphatic hydroxyl groups is 3. The first-order valence-corrected chi connectivity index (χ1v) is 10.2. The van der Waals surface area contributed by atoms with E-state index < -0.39 is 0 Å². The second-order valence-electron chi connectivity index (χ2n) is 3.21. The van der Waals surface area contributed by atoms with E-state index in [1.807, 2.05) is 24.3 Å². The van der Waals surface area contributed by atoms with Crippen LogP contribution in [0, 0.1) is 0 Å². The van der Waals surface area contributed by atoms with Gasteiger partial charge in [-0.1, -0.05) is 0 Å². The minimum Gasteiger partial charge on any atom is -0.396 e. The van der Waals surface area contributed by atoms with Gasteiger partial charge in [0.1, 0.15) is 0 Å². The van der Waals surface area contributed by atoms with Gasteiger partial charge in [0.15, 0.2) is 0 Å². The second kappa shape index (κ2) is 30.7. The Bertz CT molecular complexity index is 98.6. The van der Waals surface area contributed by atoms with Gasteiger partial charge in [0, 0.05) is 19.0 Å². The van der Waals surface area contributed by atoms with Gasteiger partial charge < -0.3 is 15.3 Å². The minimum absolute atomic E-state index is 0.307. The Morgan fingerprint density at radius 1 is 0.556 bits per heavy atom. The lowest BCUT2D eigenvalue weighted by Crippen LogP contribution is -1.83. The Hall–Kier alpha value is 0.930. The van der Waals surface area contributed by atoms with Gasteiger partial charge in [0.25, 0.3) is 0 Å². The zero-order chi connectivity index (χ0) is 14.5. The van der Waals surface area contributed by atoms with Crippen molar-refractivity contribution < 1.29 is 15.3 Å². The third-order valence-corrected chi connectivity index (χ3v) is 3.54. The standard InChI is InChI=1S/C5H12OS.C4H10OS.C3H8OS/c1-7-5-3-2-4-6;1-6-4-2-3-5;1-5-3-2-4/h6H,2-5H2,1H3;5H,2-4H2,1H3;4H,2-3H2,1H3. The zero-order valence-corrected chi connectivity index (χ0v) is 14.4. The van der Waals surface area contributed by atoms with Crippen molar-refractivity contribution in [3.8, 4) is 0 Å². The predicted molar refractivity (Wildman–Crippen MR) is 90.3 cm³/mol. The van der Waals surface area contributed by atoms with Crippen LogP contribution in [0.25, 0.3) is 0 Å². The van der Waals surface area contributed by atoms with Crippen LogP contribution in [0.3, 0.4) is 0 Å². The van der Waals surface area contributed by atoms with Crippen molar-refractivity contribution in [3.63, 3.8) is 0 Å². The van der Waals surface area contributed by atoms with Crippen molar-refractivity contribution in [2.75, 3.05) is 55.8 Å². The molecule has 0 saturated carbocycles. The van der Waals surface area contributed by atoms with Crippen molar-refractivity contribution in [3.05, 3.63) is 0 Å². The fourth-order valence-electron chi connectivity index (χ4n) is 0.658. The molecule has 0 aromatic rings. The van der Waals surface area contributed by atoms with Gasteiger partial charge in [-0.05, 0) is 49.5 Å². The van der Waals surface area contributed by atoms with E-state index >= 15 is 0 Å². The molecule has 3 nitrogen and oxygen atoms in total. The molecular weight excluding hydrogens is 288 g/mol. The van der Waals surface area contributed by atoms with Gasteiger partial charge in [-0.2, -0.15) is 35.3 Å². The molecule has 0 aromatic heterocycles. The first-order chi connectivity index (χ1) is 8.74. The van der Waals surface area contributed by atoms with Crippen LogP contribution in [0.15, 0.2) is 0 Å². The van der Waals surface area contributed by atoms with E-state index in [0.29, 0.717) is 19.8 Å². The van der Waals surface area contributed by atoms with Gasteiger partial charge in [0.05, 0.1) is 6.61 Å². The molecule has 0 fully saturated rings. The largest absolute Gasteiger partial charge is 0.396 e. The van der Waals surface area contributed by atoms with E-state index in [1.54, 1.807) is 23.5 Å². The summed E-state index contributed by atoms with van der Waals surface area (Å²) in [6.07, 6.45) is 9.13. The summed E-state index contributed by atoms with van der Waals surface area (Å²) in [6.45, 7) is 0.989. The van der Waals surface area contributed by atoms with Crippen LogP contribution in [0.2, 0.25) is 0 Å². The molecule has 3 N–H and O–H groups in total. The maximum atomic E-state index is 8.28. The third kappa shape index (κ3) is 43.6. The monoisotopic (exact) mass is 318 g/mol. The van der Waals surface area contributed by atoms with E-state index in [2.05, 4.69) is 6.26 Å². The molecule has 0 aliphatic rings. The van der Waals surface area contributed by atoms with E-state index in [0.717, 1.165) is 30.8 Å². The van der Waals surface area contributed by atoms with Crippen LogP contribution < -0.4 is 0 Å². The van der Waals surface area contributed by atoms with E-state index in [-0.39, 0.29) is 0 Å². The summed E-state index contributed by atoms with van der Waals surface area (Å²) >= 11 is 5.25.